The highest BCUT2D eigenvalue weighted by Gasteiger charge is 2.28. The average Bonchev–Trinajstić information content (AvgIpc) is 2.08. The van der Waals surface area contributed by atoms with Crippen molar-refractivity contribution >= 4 is 5.91 Å². The number of hydrogen-bond donors (Lipinski definition) is 2. The van der Waals surface area contributed by atoms with Crippen LogP contribution in [0.5, 0.6) is 0 Å². The molecule has 0 unspecified atom stereocenters. The lowest BCUT2D eigenvalue weighted by Crippen LogP contribution is -2.51. The maximum absolute atomic E-state index is 11.9. The smallest absolute Gasteiger partial charge is 0.237 e. The second-order valence-electron chi connectivity index (χ2n) is 6.86. The zero-order valence-electron chi connectivity index (χ0n) is 12.4. The van der Waals surface area contributed by atoms with Crippen LogP contribution in [0.15, 0.2) is 0 Å². The van der Waals surface area contributed by atoms with Gasteiger partial charge in [0.1, 0.15) is 0 Å². The van der Waals surface area contributed by atoms with E-state index in [0.717, 1.165) is 25.7 Å². The molecule has 17 heavy (non-hydrogen) atoms. The van der Waals surface area contributed by atoms with Crippen molar-refractivity contribution in [3.8, 4) is 0 Å². The molecule has 1 amide bonds. The zero-order chi connectivity index (χ0) is 13.7. The lowest BCUT2D eigenvalue weighted by molar-refractivity contribution is -0.124. The first kappa shape index (κ1) is 16.4. The van der Waals surface area contributed by atoms with E-state index in [0.29, 0.717) is 0 Å². The molecule has 0 aliphatic carbocycles. The maximum atomic E-state index is 11.9. The van der Waals surface area contributed by atoms with E-state index in [-0.39, 0.29) is 22.9 Å². The average molecular weight is 242 g/mol. The van der Waals surface area contributed by atoms with Gasteiger partial charge in [0, 0.05) is 5.54 Å². The number of carbonyl (C=O) groups is 1. The van der Waals surface area contributed by atoms with Gasteiger partial charge in [0.25, 0.3) is 0 Å². The predicted molar refractivity (Wildman–Crippen MR) is 73.8 cm³/mol. The molecule has 0 fully saturated rings. The molecule has 0 aromatic heterocycles. The Bertz CT molecular complexity index is 241. The fourth-order valence-corrected chi connectivity index (χ4v) is 2.35. The summed E-state index contributed by atoms with van der Waals surface area (Å²) in [7, 11) is 0. The summed E-state index contributed by atoms with van der Waals surface area (Å²) in [4.78, 5) is 11.9. The summed E-state index contributed by atoms with van der Waals surface area (Å²) in [6, 6.07) is -0.366. The Hall–Kier alpha value is -0.570. The van der Waals surface area contributed by atoms with Crippen molar-refractivity contribution in [3.63, 3.8) is 0 Å². The molecule has 3 nitrogen and oxygen atoms in total. The summed E-state index contributed by atoms with van der Waals surface area (Å²) in [6.45, 7) is 12.8. The maximum Gasteiger partial charge on any atom is 0.237 e. The van der Waals surface area contributed by atoms with E-state index in [1.165, 1.54) is 0 Å². The van der Waals surface area contributed by atoms with Crippen LogP contribution in [0, 0.1) is 5.41 Å². The highest BCUT2D eigenvalue weighted by atomic mass is 16.2. The van der Waals surface area contributed by atoms with E-state index < -0.39 is 0 Å². The Morgan fingerprint density at radius 1 is 1.24 bits per heavy atom. The van der Waals surface area contributed by atoms with Gasteiger partial charge in [-0.2, -0.15) is 0 Å². The fourth-order valence-electron chi connectivity index (χ4n) is 2.35. The highest BCUT2D eigenvalue weighted by Crippen LogP contribution is 2.26. The number of nitrogens with two attached hydrogens (primary N) is 1. The summed E-state index contributed by atoms with van der Waals surface area (Å²) < 4.78 is 0. The standard InChI is InChI=1S/C14H30N2O/c1-7-8-9-11(15)12(17)16-14(5,6)10-13(2,3)4/h11H,7-10,15H2,1-6H3,(H,16,17)/t11-/m0/s1. The van der Waals surface area contributed by atoms with Gasteiger partial charge in [-0.1, -0.05) is 40.5 Å². The van der Waals surface area contributed by atoms with Crippen molar-refractivity contribution in [1.29, 1.82) is 0 Å². The molecule has 0 aliphatic rings. The van der Waals surface area contributed by atoms with E-state index in [2.05, 4.69) is 46.9 Å². The van der Waals surface area contributed by atoms with Gasteiger partial charge in [-0.05, 0) is 32.1 Å². The van der Waals surface area contributed by atoms with Crippen LogP contribution in [-0.4, -0.2) is 17.5 Å². The van der Waals surface area contributed by atoms with Gasteiger partial charge in [0.2, 0.25) is 5.91 Å². The second-order valence-corrected chi connectivity index (χ2v) is 6.86. The van der Waals surface area contributed by atoms with E-state index in [1.807, 2.05) is 0 Å². The summed E-state index contributed by atoms with van der Waals surface area (Å²) >= 11 is 0. The number of unbranched alkanes of at least 4 members (excludes halogenated alkanes) is 1. The van der Waals surface area contributed by atoms with Gasteiger partial charge in [-0.25, -0.2) is 0 Å². The van der Waals surface area contributed by atoms with Crippen LogP contribution in [0.1, 0.15) is 67.2 Å². The van der Waals surface area contributed by atoms with Crippen molar-refractivity contribution in [1.82, 2.24) is 5.32 Å². The third-order valence-electron chi connectivity index (χ3n) is 2.64. The Morgan fingerprint density at radius 3 is 2.18 bits per heavy atom. The van der Waals surface area contributed by atoms with Crippen LogP contribution in [0.2, 0.25) is 0 Å². The number of carbonyl (C=O) groups excluding carboxylic acids is 1. The first-order valence-electron chi connectivity index (χ1n) is 6.65. The van der Waals surface area contributed by atoms with Gasteiger partial charge in [0.05, 0.1) is 6.04 Å². The van der Waals surface area contributed by atoms with Crippen LogP contribution in [-0.2, 0) is 4.79 Å². The van der Waals surface area contributed by atoms with E-state index >= 15 is 0 Å². The third kappa shape index (κ3) is 8.19. The van der Waals surface area contributed by atoms with Crippen LogP contribution in [0.3, 0.4) is 0 Å². The molecule has 0 spiro atoms. The Balaban J connectivity index is 4.26. The molecule has 0 heterocycles. The topological polar surface area (TPSA) is 55.1 Å². The van der Waals surface area contributed by atoms with Crippen molar-refractivity contribution in [2.24, 2.45) is 11.1 Å². The molecule has 3 N–H and O–H groups in total. The minimum absolute atomic E-state index is 0.0206. The Morgan fingerprint density at radius 2 is 1.76 bits per heavy atom. The largest absolute Gasteiger partial charge is 0.350 e. The summed E-state index contributed by atoms with van der Waals surface area (Å²) in [5, 5.41) is 3.06. The lowest BCUT2D eigenvalue weighted by atomic mass is 9.81. The molecule has 0 saturated carbocycles. The molecule has 102 valence electrons. The Labute approximate surface area is 107 Å². The van der Waals surface area contributed by atoms with Crippen molar-refractivity contribution in [2.45, 2.75) is 78.8 Å². The molecule has 1 atom stereocenters. The molecule has 0 saturated heterocycles. The molecule has 0 aromatic carbocycles. The summed E-state index contributed by atoms with van der Waals surface area (Å²) in [6.07, 6.45) is 3.79. The van der Waals surface area contributed by atoms with Gasteiger partial charge in [-0.15, -0.1) is 0 Å². The monoisotopic (exact) mass is 242 g/mol. The summed E-state index contributed by atoms with van der Waals surface area (Å²) in [5.74, 6) is -0.0206. The zero-order valence-corrected chi connectivity index (χ0v) is 12.4. The fraction of sp³-hybridized carbons (Fsp3) is 0.929. The molecule has 0 radical (unpaired) electrons. The quantitative estimate of drug-likeness (QED) is 0.752. The Kier molecular flexibility index (Phi) is 6.17. The number of nitrogens with one attached hydrogen (secondary N) is 1. The van der Waals surface area contributed by atoms with Gasteiger partial charge < -0.3 is 11.1 Å². The van der Waals surface area contributed by atoms with Gasteiger partial charge in [0.15, 0.2) is 0 Å². The molecule has 0 aromatic rings. The first-order chi connectivity index (χ1) is 7.57. The molecular formula is C14H30N2O. The number of rotatable bonds is 6. The summed E-state index contributed by atoms with van der Waals surface area (Å²) in [5.41, 5.74) is 5.87. The first-order valence-corrected chi connectivity index (χ1v) is 6.65. The normalized spacial score (nSPS) is 14.5. The molecule has 0 bridgehead atoms. The molecule has 3 heteroatoms. The predicted octanol–water partition coefficient (Wildman–Crippen LogP) is 2.83. The van der Waals surface area contributed by atoms with Crippen molar-refractivity contribution in [3.05, 3.63) is 0 Å². The molecule has 0 rings (SSSR count). The highest BCUT2D eigenvalue weighted by molar-refractivity contribution is 5.82. The van der Waals surface area contributed by atoms with Crippen molar-refractivity contribution in [2.75, 3.05) is 0 Å². The van der Waals surface area contributed by atoms with Crippen LogP contribution in [0.25, 0.3) is 0 Å². The minimum Gasteiger partial charge on any atom is -0.350 e. The second kappa shape index (κ2) is 6.39. The SMILES string of the molecule is CCCC[C@H](N)C(=O)NC(C)(C)CC(C)(C)C. The molecular weight excluding hydrogens is 212 g/mol. The minimum atomic E-state index is -0.366. The van der Waals surface area contributed by atoms with Gasteiger partial charge in [-0.3, -0.25) is 4.79 Å². The van der Waals surface area contributed by atoms with E-state index in [4.69, 9.17) is 5.73 Å². The lowest BCUT2D eigenvalue weighted by Gasteiger charge is -2.34. The van der Waals surface area contributed by atoms with Crippen molar-refractivity contribution < 1.29 is 4.79 Å². The van der Waals surface area contributed by atoms with Crippen LogP contribution in [0.4, 0.5) is 0 Å². The molecule has 0 aliphatic heterocycles. The van der Waals surface area contributed by atoms with Gasteiger partial charge >= 0.3 is 0 Å². The van der Waals surface area contributed by atoms with Crippen LogP contribution >= 0.6 is 0 Å². The van der Waals surface area contributed by atoms with E-state index in [9.17, 15) is 4.79 Å². The number of amides is 1. The number of hydrogen-bond acceptors (Lipinski definition) is 2. The van der Waals surface area contributed by atoms with E-state index in [1.54, 1.807) is 0 Å². The van der Waals surface area contributed by atoms with Crippen LogP contribution < -0.4 is 11.1 Å². The third-order valence-corrected chi connectivity index (χ3v) is 2.64.